The molecule has 0 heterocycles. The van der Waals surface area contributed by atoms with Gasteiger partial charge in [0.05, 0.1) is 12.8 Å². The van der Waals surface area contributed by atoms with Crippen molar-refractivity contribution in [2.24, 2.45) is 0 Å². The second-order valence-electron chi connectivity index (χ2n) is 7.21. The van der Waals surface area contributed by atoms with E-state index in [4.69, 9.17) is 4.74 Å². The van der Waals surface area contributed by atoms with Gasteiger partial charge in [0.15, 0.2) is 0 Å². The fourth-order valence-electron chi connectivity index (χ4n) is 2.96. The molecule has 2 aromatic rings. The van der Waals surface area contributed by atoms with Crippen LogP contribution in [0.1, 0.15) is 51.5 Å². The lowest BCUT2D eigenvalue weighted by Gasteiger charge is -2.20. The van der Waals surface area contributed by atoms with Gasteiger partial charge in [-0.05, 0) is 49.1 Å². The first-order valence-electron chi connectivity index (χ1n) is 10.8. The maximum Gasteiger partial charge on any atom is 0.320 e. The molecule has 0 aliphatic carbocycles. The van der Waals surface area contributed by atoms with Crippen molar-refractivity contribution in [2.45, 2.75) is 58.5 Å². The van der Waals surface area contributed by atoms with E-state index in [9.17, 15) is 4.79 Å². The maximum atomic E-state index is 12.3. The third kappa shape index (κ3) is 9.48. The smallest absolute Gasteiger partial charge is 0.320 e. The molecule has 0 aliphatic rings. The third-order valence-electron chi connectivity index (χ3n) is 4.68. The molecular weight excluding hydrogens is 362 g/mol. The number of para-hydroxylation sites is 1. The molecule has 0 bridgehead atoms. The van der Waals surface area contributed by atoms with Crippen LogP contribution in [0.15, 0.2) is 54.6 Å². The topological polar surface area (TPSA) is 62.4 Å². The summed E-state index contributed by atoms with van der Waals surface area (Å²) < 4.78 is 5.71. The van der Waals surface area contributed by atoms with Crippen LogP contribution in [0.2, 0.25) is 0 Å². The van der Waals surface area contributed by atoms with Gasteiger partial charge in [-0.2, -0.15) is 0 Å². The number of ether oxygens (including phenoxy) is 1. The molecule has 0 aromatic heterocycles. The normalized spacial score (nSPS) is 11.7. The highest BCUT2D eigenvalue weighted by atomic mass is 16.5. The zero-order valence-corrected chi connectivity index (χ0v) is 17.7. The summed E-state index contributed by atoms with van der Waals surface area (Å²) in [5, 5.41) is 9.40. The summed E-state index contributed by atoms with van der Waals surface area (Å²) in [6.07, 6.45) is 6.14. The van der Waals surface area contributed by atoms with Crippen LogP contribution in [0.5, 0.6) is 5.75 Å². The van der Waals surface area contributed by atoms with Gasteiger partial charge in [0.1, 0.15) is 5.75 Å². The summed E-state index contributed by atoms with van der Waals surface area (Å²) in [6, 6.07) is 17.6. The van der Waals surface area contributed by atoms with Crippen molar-refractivity contribution in [1.82, 2.24) is 10.6 Å². The second kappa shape index (κ2) is 13.6. The number of benzene rings is 2. The molecule has 1 unspecified atom stereocenters. The number of carbonyl (C=O) groups is 1. The molecule has 0 saturated carbocycles. The van der Waals surface area contributed by atoms with Gasteiger partial charge in [0.2, 0.25) is 0 Å². The zero-order chi connectivity index (χ0) is 20.7. The third-order valence-corrected chi connectivity index (χ3v) is 4.68. The van der Waals surface area contributed by atoms with Crippen molar-refractivity contribution in [3.05, 3.63) is 60.2 Å². The Hall–Kier alpha value is -2.53. The molecule has 158 valence electrons. The fraction of sp³-hybridized carbons (Fsp3) is 0.458. The number of carbonyl (C=O) groups excluding carboxylic acids is 1. The number of hydrogen-bond acceptors (Lipinski definition) is 3. The Morgan fingerprint density at radius 2 is 1.69 bits per heavy atom. The second-order valence-corrected chi connectivity index (χ2v) is 7.21. The molecule has 0 radical (unpaired) electrons. The lowest BCUT2D eigenvalue weighted by molar-refractivity contribution is 0.244. The first-order chi connectivity index (χ1) is 14.2. The molecule has 1 atom stereocenters. The Balaban J connectivity index is 1.76. The average Bonchev–Trinajstić information content (AvgIpc) is 2.74. The van der Waals surface area contributed by atoms with E-state index in [-0.39, 0.29) is 12.2 Å². The molecule has 5 heteroatoms. The van der Waals surface area contributed by atoms with Crippen molar-refractivity contribution < 1.29 is 9.53 Å². The molecule has 2 rings (SSSR count). The van der Waals surface area contributed by atoms with Gasteiger partial charge in [-0.15, -0.1) is 0 Å². The predicted octanol–water partition coefficient (Wildman–Crippen LogP) is 5.34. The van der Waals surface area contributed by atoms with E-state index in [0.717, 1.165) is 63.1 Å². The molecule has 2 aromatic carbocycles. The first-order valence-corrected chi connectivity index (χ1v) is 10.8. The Labute approximate surface area is 175 Å². The van der Waals surface area contributed by atoms with Crippen molar-refractivity contribution in [3.8, 4) is 5.75 Å². The largest absolute Gasteiger partial charge is 0.494 e. The van der Waals surface area contributed by atoms with Crippen LogP contribution in [-0.2, 0) is 6.42 Å². The predicted molar refractivity (Wildman–Crippen MR) is 120 cm³/mol. The highest BCUT2D eigenvalue weighted by Crippen LogP contribution is 2.13. The van der Waals surface area contributed by atoms with Crippen LogP contribution >= 0.6 is 0 Å². The molecule has 0 saturated heterocycles. The van der Waals surface area contributed by atoms with E-state index < -0.39 is 0 Å². The number of hydrogen-bond donors (Lipinski definition) is 3. The number of amides is 2. The molecular formula is C24H35N3O2. The minimum absolute atomic E-state index is 0.0460. The molecule has 0 fully saturated rings. The summed E-state index contributed by atoms with van der Waals surface area (Å²) in [5.74, 6) is 0.926. The highest BCUT2D eigenvalue weighted by Gasteiger charge is 2.11. The van der Waals surface area contributed by atoms with Gasteiger partial charge < -0.3 is 15.4 Å². The van der Waals surface area contributed by atoms with Gasteiger partial charge >= 0.3 is 6.03 Å². The number of urea groups is 1. The number of anilines is 1. The Kier molecular flexibility index (Phi) is 10.7. The van der Waals surface area contributed by atoms with E-state index >= 15 is 0 Å². The van der Waals surface area contributed by atoms with Crippen LogP contribution in [0.25, 0.3) is 0 Å². The Morgan fingerprint density at radius 1 is 0.966 bits per heavy atom. The Morgan fingerprint density at radius 3 is 2.38 bits per heavy atom. The first kappa shape index (κ1) is 22.8. The summed E-state index contributed by atoms with van der Waals surface area (Å²) in [7, 11) is 0. The fourth-order valence-corrected chi connectivity index (χ4v) is 2.96. The van der Waals surface area contributed by atoms with Gasteiger partial charge in [-0.25, -0.2) is 4.79 Å². The maximum absolute atomic E-state index is 12.3. The van der Waals surface area contributed by atoms with Crippen molar-refractivity contribution in [2.75, 3.05) is 18.5 Å². The van der Waals surface area contributed by atoms with E-state index in [1.165, 1.54) is 5.56 Å². The SMILES string of the molecule is CCCCOc1ccc(CCNC(CCCC)NC(=O)Nc2ccccc2)cc1. The van der Waals surface area contributed by atoms with Crippen molar-refractivity contribution >= 4 is 11.7 Å². The molecule has 3 N–H and O–H groups in total. The number of rotatable bonds is 13. The van der Waals surface area contributed by atoms with Crippen LogP contribution in [0.4, 0.5) is 10.5 Å². The lowest BCUT2D eigenvalue weighted by Crippen LogP contribution is -2.47. The van der Waals surface area contributed by atoms with Gasteiger partial charge in [-0.1, -0.05) is 63.4 Å². The minimum atomic E-state index is -0.182. The van der Waals surface area contributed by atoms with E-state index in [1.54, 1.807) is 0 Å². The zero-order valence-electron chi connectivity index (χ0n) is 17.7. The molecule has 2 amide bonds. The van der Waals surface area contributed by atoms with E-state index in [1.807, 2.05) is 42.5 Å². The quantitative estimate of drug-likeness (QED) is 0.316. The van der Waals surface area contributed by atoms with Crippen molar-refractivity contribution in [3.63, 3.8) is 0 Å². The van der Waals surface area contributed by atoms with Crippen LogP contribution in [-0.4, -0.2) is 25.3 Å². The average molecular weight is 398 g/mol. The van der Waals surface area contributed by atoms with Crippen LogP contribution < -0.4 is 20.7 Å². The van der Waals surface area contributed by atoms with Crippen LogP contribution in [0, 0.1) is 0 Å². The van der Waals surface area contributed by atoms with Crippen molar-refractivity contribution in [1.29, 1.82) is 0 Å². The molecule has 5 nitrogen and oxygen atoms in total. The van der Waals surface area contributed by atoms with Gasteiger partial charge in [-0.3, -0.25) is 5.32 Å². The number of nitrogens with one attached hydrogen (secondary N) is 3. The van der Waals surface area contributed by atoms with Gasteiger partial charge in [0.25, 0.3) is 0 Å². The number of unbranched alkanes of at least 4 members (excludes halogenated alkanes) is 2. The van der Waals surface area contributed by atoms with E-state index in [0.29, 0.717) is 0 Å². The van der Waals surface area contributed by atoms with Gasteiger partial charge in [0, 0.05) is 12.2 Å². The molecule has 29 heavy (non-hydrogen) atoms. The highest BCUT2D eigenvalue weighted by molar-refractivity contribution is 5.89. The standard InChI is InChI=1S/C24H35N3O2/c1-3-5-12-23(27-24(28)26-21-10-8-7-9-11-21)25-18-17-20-13-15-22(16-14-20)29-19-6-4-2/h7-11,13-16,23,25H,3-6,12,17-19H2,1-2H3,(H2,26,27,28). The van der Waals surface area contributed by atoms with Crippen LogP contribution in [0.3, 0.4) is 0 Å². The molecule has 0 spiro atoms. The summed E-state index contributed by atoms with van der Waals surface area (Å²) in [5.41, 5.74) is 2.05. The summed E-state index contributed by atoms with van der Waals surface area (Å²) in [4.78, 5) is 12.3. The monoisotopic (exact) mass is 397 g/mol. The minimum Gasteiger partial charge on any atom is -0.494 e. The molecule has 0 aliphatic heterocycles. The van der Waals surface area contributed by atoms with E-state index in [2.05, 4.69) is 41.9 Å². The lowest BCUT2D eigenvalue weighted by atomic mass is 10.1. The Bertz CT molecular complexity index is 689. The summed E-state index contributed by atoms with van der Waals surface area (Å²) >= 11 is 0. The summed E-state index contributed by atoms with van der Waals surface area (Å²) in [6.45, 7) is 5.89.